The molecule has 0 atom stereocenters. The van der Waals surface area contributed by atoms with Crippen LogP contribution in [-0.4, -0.2) is 11.1 Å². The molecule has 0 fully saturated rings. The Labute approximate surface area is 121 Å². The summed E-state index contributed by atoms with van der Waals surface area (Å²) in [5, 5.41) is 11.5. The van der Waals surface area contributed by atoms with Crippen molar-refractivity contribution in [2.45, 2.75) is 19.8 Å². The Kier molecular flexibility index (Phi) is 4.21. The van der Waals surface area contributed by atoms with E-state index in [4.69, 9.17) is 5.11 Å². The third-order valence-electron chi connectivity index (χ3n) is 3.13. The summed E-state index contributed by atoms with van der Waals surface area (Å²) < 4.78 is 27.8. The van der Waals surface area contributed by atoms with Gasteiger partial charge in [-0.3, -0.25) is 0 Å². The average molecular weight is 291 g/mol. The minimum absolute atomic E-state index is 0.179. The van der Waals surface area contributed by atoms with Gasteiger partial charge in [0.25, 0.3) is 0 Å². The van der Waals surface area contributed by atoms with Gasteiger partial charge in [0, 0.05) is 5.69 Å². The number of hydrogen-bond acceptors (Lipinski definition) is 2. The average Bonchev–Trinajstić information content (AvgIpc) is 2.42. The number of anilines is 2. The Balaban J connectivity index is 2.43. The van der Waals surface area contributed by atoms with Crippen LogP contribution in [0.5, 0.6) is 0 Å². The first-order valence-corrected chi connectivity index (χ1v) is 6.48. The molecule has 0 bridgehead atoms. The van der Waals surface area contributed by atoms with E-state index in [1.54, 1.807) is 12.1 Å². The van der Waals surface area contributed by atoms with Crippen LogP contribution < -0.4 is 5.32 Å². The second kappa shape index (κ2) is 5.91. The molecule has 2 rings (SSSR count). The monoisotopic (exact) mass is 291 g/mol. The smallest absolute Gasteiger partial charge is 0.335 e. The quantitative estimate of drug-likeness (QED) is 0.870. The molecule has 0 saturated carbocycles. The van der Waals surface area contributed by atoms with Gasteiger partial charge >= 0.3 is 5.97 Å². The minimum Gasteiger partial charge on any atom is -0.478 e. The number of halogens is 2. The van der Waals surface area contributed by atoms with Crippen LogP contribution in [0.3, 0.4) is 0 Å². The first-order chi connectivity index (χ1) is 9.90. The molecular weight excluding hydrogens is 276 g/mol. The fourth-order valence-corrected chi connectivity index (χ4v) is 2.06. The molecular formula is C16H15F2NO2. The fourth-order valence-electron chi connectivity index (χ4n) is 2.06. The Morgan fingerprint density at radius 1 is 1.14 bits per heavy atom. The molecule has 2 aromatic rings. The molecule has 2 N–H and O–H groups in total. The zero-order chi connectivity index (χ0) is 15.6. The van der Waals surface area contributed by atoms with E-state index in [2.05, 4.69) is 5.32 Å². The SMILES string of the molecule is CC(C)c1ccccc1Nc1c(F)cc(C(=O)O)cc1F. The largest absolute Gasteiger partial charge is 0.478 e. The summed E-state index contributed by atoms with van der Waals surface area (Å²) in [5.74, 6) is -3.07. The highest BCUT2D eigenvalue weighted by Gasteiger charge is 2.16. The van der Waals surface area contributed by atoms with E-state index in [9.17, 15) is 13.6 Å². The molecule has 110 valence electrons. The lowest BCUT2D eigenvalue weighted by Crippen LogP contribution is -2.05. The standard InChI is InChI=1S/C16H15F2NO2/c1-9(2)11-5-3-4-6-14(11)19-15-12(17)7-10(16(20)21)8-13(15)18/h3-9,19H,1-2H3,(H,20,21). The second-order valence-corrected chi connectivity index (χ2v) is 4.99. The number of carboxylic acid groups (broad SMARTS) is 1. The lowest BCUT2D eigenvalue weighted by molar-refractivity contribution is 0.0696. The lowest BCUT2D eigenvalue weighted by atomic mass is 10.0. The number of nitrogens with one attached hydrogen (secondary N) is 1. The van der Waals surface area contributed by atoms with E-state index in [1.807, 2.05) is 26.0 Å². The normalized spacial score (nSPS) is 10.7. The van der Waals surface area contributed by atoms with E-state index >= 15 is 0 Å². The van der Waals surface area contributed by atoms with Crippen LogP contribution in [0.15, 0.2) is 36.4 Å². The van der Waals surface area contributed by atoms with E-state index in [-0.39, 0.29) is 11.6 Å². The number of rotatable bonds is 4. The number of benzene rings is 2. The fraction of sp³-hybridized carbons (Fsp3) is 0.188. The summed E-state index contributed by atoms with van der Waals surface area (Å²) >= 11 is 0. The number of carboxylic acids is 1. The van der Waals surface area contributed by atoms with E-state index in [0.29, 0.717) is 5.69 Å². The lowest BCUT2D eigenvalue weighted by Gasteiger charge is -2.15. The van der Waals surface area contributed by atoms with Crippen LogP contribution in [0.4, 0.5) is 20.2 Å². The summed E-state index contributed by atoms with van der Waals surface area (Å²) in [5.41, 5.74) is 0.729. The third kappa shape index (κ3) is 3.18. The summed E-state index contributed by atoms with van der Waals surface area (Å²) in [6.07, 6.45) is 0. The van der Waals surface area contributed by atoms with E-state index in [1.165, 1.54) is 0 Å². The predicted molar refractivity (Wildman–Crippen MR) is 77.1 cm³/mol. The topological polar surface area (TPSA) is 49.3 Å². The Morgan fingerprint density at radius 2 is 1.71 bits per heavy atom. The predicted octanol–water partition coefficient (Wildman–Crippen LogP) is 4.53. The number of hydrogen-bond donors (Lipinski definition) is 2. The van der Waals surface area contributed by atoms with Gasteiger partial charge in [0.1, 0.15) is 5.69 Å². The van der Waals surface area contributed by atoms with Gasteiger partial charge in [0.2, 0.25) is 0 Å². The molecule has 0 heterocycles. The maximum atomic E-state index is 13.9. The van der Waals surface area contributed by atoms with Gasteiger partial charge in [-0.05, 0) is 29.7 Å². The first-order valence-electron chi connectivity index (χ1n) is 6.48. The summed E-state index contributed by atoms with van der Waals surface area (Å²) in [4.78, 5) is 10.8. The molecule has 21 heavy (non-hydrogen) atoms. The Hall–Kier alpha value is -2.43. The van der Waals surface area contributed by atoms with Gasteiger partial charge in [-0.2, -0.15) is 0 Å². The van der Waals surface area contributed by atoms with Crippen molar-refractivity contribution in [3.05, 3.63) is 59.2 Å². The van der Waals surface area contributed by atoms with Crippen molar-refractivity contribution in [3.63, 3.8) is 0 Å². The highest BCUT2D eigenvalue weighted by Crippen LogP contribution is 2.30. The van der Waals surface area contributed by atoms with Crippen molar-refractivity contribution < 1.29 is 18.7 Å². The summed E-state index contributed by atoms with van der Waals surface area (Å²) in [7, 11) is 0. The second-order valence-electron chi connectivity index (χ2n) is 4.99. The number of para-hydroxylation sites is 1. The van der Waals surface area contributed by atoms with Crippen molar-refractivity contribution in [1.82, 2.24) is 0 Å². The van der Waals surface area contributed by atoms with Gasteiger partial charge < -0.3 is 10.4 Å². The zero-order valence-electron chi connectivity index (χ0n) is 11.7. The Bertz CT molecular complexity index is 661. The Morgan fingerprint density at radius 3 is 2.24 bits per heavy atom. The molecule has 3 nitrogen and oxygen atoms in total. The van der Waals surface area contributed by atoms with Gasteiger partial charge in [-0.25, -0.2) is 13.6 Å². The van der Waals surface area contributed by atoms with E-state index in [0.717, 1.165) is 17.7 Å². The molecule has 0 saturated heterocycles. The van der Waals surface area contributed by atoms with Crippen molar-refractivity contribution in [1.29, 1.82) is 0 Å². The maximum absolute atomic E-state index is 13.9. The number of aromatic carboxylic acids is 1. The third-order valence-corrected chi connectivity index (χ3v) is 3.13. The van der Waals surface area contributed by atoms with Crippen LogP contribution in [0.1, 0.15) is 35.7 Å². The van der Waals surface area contributed by atoms with Crippen LogP contribution in [0, 0.1) is 11.6 Å². The molecule has 0 amide bonds. The van der Waals surface area contributed by atoms with Crippen LogP contribution in [0.25, 0.3) is 0 Å². The van der Waals surface area contributed by atoms with Crippen molar-refractivity contribution in [2.24, 2.45) is 0 Å². The molecule has 0 spiro atoms. The van der Waals surface area contributed by atoms with Crippen molar-refractivity contribution in [3.8, 4) is 0 Å². The van der Waals surface area contributed by atoms with Crippen LogP contribution in [-0.2, 0) is 0 Å². The molecule has 0 radical (unpaired) electrons. The maximum Gasteiger partial charge on any atom is 0.335 e. The summed E-state index contributed by atoms with van der Waals surface area (Å²) in [6, 6.07) is 8.79. The summed E-state index contributed by atoms with van der Waals surface area (Å²) in [6.45, 7) is 3.95. The van der Waals surface area contributed by atoms with Crippen LogP contribution in [0.2, 0.25) is 0 Å². The highest BCUT2D eigenvalue weighted by molar-refractivity contribution is 5.88. The number of carbonyl (C=O) groups is 1. The first kappa shape index (κ1) is 15.0. The van der Waals surface area contributed by atoms with Crippen molar-refractivity contribution >= 4 is 17.3 Å². The molecule has 0 aliphatic heterocycles. The van der Waals surface area contributed by atoms with Gasteiger partial charge in [0.15, 0.2) is 11.6 Å². The van der Waals surface area contributed by atoms with Crippen molar-refractivity contribution in [2.75, 3.05) is 5.32 Å². The van der Waals surface area contributed by atoms with Gasteiger partial charge in [0.05, 0.1) is 5.56 Å². The highest BCUT2D eigenvalue weighted by atomic mass is 19.1. The molecule has 2 aromatic carbocycles. The minimum atomic E-state index is -1.37. The molecule has 0 unspecified atom stereocenters. The van der Waals surface area contributed by atoms with Gasteiger partial charge in [-0.15, -0.1) is 0 Å². The molecule has 0 aromatic heterocycles. The van der Waals surface area contributed by atoms with Crippen LogP contribution >= 0.6 is 0 Å². The molecule has 0 aliphatic carbocycles. The van der Waals surface area contributed by atoms with Gasteiger partial charge in [-0.1, -0.05) is 32.0 Å². The molecule has 0 aliphatic rings. The molecule has 5 heteroatoms. The zero-order valence-corrected chi connectivity index (χ0v) is 11.7. The van der Waals surface area contributed by atoms with E-state index < -0.39 is 23.2 Å².